The van der Waals surface area contributed by atoms with E-state index in [2.05, 4.69) is 5.10 Å². The van der Waals surface area contributed by atoms with Crippen LogP contribution in [-0.4, -0.2) is 28.0 Å². The van der Waals surface area contributed by atoms with Crippen LogP contribution in [0.15, 0.2) is 35.1 Å². The van der Waals surface area contributed by atoms with Crippen LogP contribution >= 0.6 is 0 Å². The van der Waals surface area contributed by atoms with Gasteiger partial charge >= 0.3 is 5.97 Å². The molecule has 0 saturated heterocycles. The number of hydrogen-bond donors (Lipinski definition) is 1. The highest BCUT2D eigenvalue weighted by Crippen LogP contribution is 2.16. The van der Waals surface area contributed by atoms with E-state index in [4.69, 9.17) is 9.84 Å². The maximum absolute atomic E-state index is 11.7. The first-order chi connectivity index (χ1) is 9.51. The van der Waals surface area contributed by atoms with Crippen molar-refractivity contribution in [2.24, 2.45) is 0 Å². The van der Waals surface area contributed by atoms with Crippen molar-refractivity contribution in [2.75, 3.05) is 7.11 Å². The summed E-state index contributed by atoms with van der Waals surface area (Å²) in [6, 6.07) is 8.53. The van der Waals surface area contributed by atoms with Gasteiger partial charge in [0.2, 0.25) is 5.43 Å². The number of carboxylic acid groups (broad SMARTS) is 1. The Morgan fingerprint density at radius 1 is 1.40 bits per heavy atom. The summed E-state index contributed by atoms with van der Waals surface area (Å²) >= 11 is 0. The molecule has 1 aromatic carbocycles. The summed E-state index contributed by atoms with van der Waals surface area (Å²) < 4.78 is 6.67. The molecule has 0 bridgehead atoms. The van der Waals surface area contributed by atoms with Crippen molar-refractivity contribution in [1.29, 1.82) is 0 Å². The summed E-state index contributed by atoms with van der Waals surface area (Å²) in [5.74, 6) is -0.433. The molecular formula is C14H14N2O4. The lowest BCUT2D eigenvalue weighted by molar-refractivity contribution is -0.136. The molecule has 2 rings (SSSR count). The molecule has 0 amide bonds. The van der Waals surface area contributed by atoms with E-state index in [0.29, 0.717) is 17.1 Å². The van der Waals surface area contributed by atoms with Crippen molar-refractivity contribution in [1.82, 2.24) is 9.78 Å². The molecule has 0 saturated carbocycles. The molecule has 0 atom stereocenters. The maximum Gasteiger partial charge on any atom is 0.309 e. The molecule has 20 heavy (non-hydrogen) atoms. The first kappa shape index (κ1) is 13.8. The lowest BCUT2D eigenvalue weighted by Crippen LogP contribution is -2.21. The Morgan fingerprint density at radius 3 is 2.80 bits per heavy atom. The number of hydrogen-bond acceptors (Lipinski definition) is 4. The van der Waals surface area contributed by atoms with E-state index in [9.17, 15) is 9.59 Å². The van der Waals surface area contributed by atoms with Gasteiger partial charge in [-0.25, -0.2) is 4.68 Å². The largest absolute Gasteiger partial charge is 0.497 e. The fraction of sp³-hybridized carbons (Fsp3) is 0.214. The third-order valence-electron chi connectivity index (χ3n) is 2.80. The number of rotatable bonds is 4. The molecule has 0 aliphatic heterocycles. The second-order valence-corrected chi connectivity index (χ2v) is 4.28. The molecule has 1 N–H and O–H groups in total. The number of aromatic nitrogens is 2. The van der Waals surface area contributed by atoms with Crippen LogP contribution in [0.4, 0.5) is 0 Å². The highest BCUT2D eigenvalue weighted by atomic mass is 16.5. The smallest absolute Gasteiger partial charge is 0.309 e. The third-order valence-corrected chi connectivity index (χ3v) is 2.80. The van der Waals surface area contributed by atoms with Gasteiger partial charge in [-0.05, 0) is 19.1 Å². The summed E-state index contributed by atoms with van der Waals surface area (Å²) in [7, 11) is 1.56. The predicted octanol–water partition coefficient (Wildman–Crippen LogP) is 1.18. The van der Waals surface area contributed by atoms with Crippen molar-refractivity contribution in [3.63, 3.8) is 0 Å². The zero-order chi connectivity index (χ0) is 14.7. The van der Waals surface area contributed by atoms with Crippen molar-refractivity contribution in [2.45, 2.75) is 13.3 Å². The Bertz CT molecular complexity index is 707. The lowest BCUT2D eigenvalue weighted by Gasteiger charge is -2.11. The Labute approximate surface area is 115 Å². The molecule has 0 aliphatic carbocycles. The van der Waals surface area contributed by atoms with Crippen LogP contribution in [0.5, 0.6) is 5.75 Å². The van der Waals surface area contributed by atoms with Crippen LogP contribution < -0.4 is 10.2 Å². The van der Waals surface area contributed by atoms with Gasteiger partial charge in [-0.3, -0.25) is 9.59 Å². The number of aliphatic carboxylic acids is 1. The van der Waals surface area contributed by atoms with Crippen LogP contribution in [0.3, 0.4) is 0 Å². The molecule has 104 valence electrons. The second kappa shape index (κ2) is 5.56. The molecule has 1 aromatic heterocycles. The number of nitrogens with zero attached hydrogens (tertiary/aromatic N) is 2. The quantitative estimate of drug-likeness (QED) is 0.905. The van der Waals surface area contributed by atoms with E-state index in [1.54, 1.807) is 38.3 Å². The standard InChI is InChI=1S/C14H14N2O4/c1-9-6-13(17)12(8-14(18)19)15-16(9)10-4-3-5-11(7-10)20-2/h3-7H,8H2,1-2H3,(H,18,19). The van der Waals surface area contributed by atoms with Gasteiger partial charge in [0.25, 0.3) is 0 Å². The van der Waals surface area contributed by atoms with Gasteiger partial charge in [0.1, 0.15) is 11.4 Å². The SMILES string of the molecule is COc1cccc(-n2nc(CC(=O)O)c(=O)cc2C)c1. The summed E-state index contributed by atoms with van der Waals surface area (Å²) in [5, 5.41) is 12.9. The van der Waals surface area contributed by atoms with Gasteiger partial charge in [-0.1, -0.05) is 6.07 Å². The molecule has 0 spiro atoms. The highest BCUT2D eigenvalue weighted by molar-refractivity contribution is 5.69. The molecule has 6 nitrogen and oxygen atoms in total. The van der Waals surface area contributed by atoms with E-state index in [0.717, 1.165) is 0 Å². The van der Waals surface area contributed by atoms with Crippen LogP contribution in [0.1, 0.15) is 11.4 Å². The Kier molecular flexibility index (Phi) is 3.84. The number of methoxy groups -OCH3 is 1. The summed E-state index contributed by atoms with van der Waals surface area (Å²) in [4.78, 5) is 22.5. The number of ether oxygens (including phenoxy) is 1. The van der Waals surface area contributed by atoms with Gasteiger partial charge in [0.15, 0.2) is 0 Å². The fourth-order valence-electron chi connectivity index (χ4n) is 1.85. The number of aryl methyl sites for hydroxylation is 1. The van der Waals surface area contributed by atoms with Crippen molar-refractivity contribution in [3.8, 4) is 11.4 Å². The minimum Gasteiger partial charge on any atom is -0.497 e. The van der Waals surface area contributed by atoms with Crippen molar-refractivity contribution >= 4 is 5.97 Å². The molecule has 0 aliphatic rings. The van der Waals surface area contributed by atoms with Gasteiger partial charge in [0.05, 0.1) is 19.2 Å². The van der Waals surface area contributed by atoms with Gasteiger partial charge in [-0.2, -0.15) is 5.10 Å². The van der Waals surface area contributed by atoms with Crippen LogP contribution in [-0.2, 0) is 11.2 Å². The molecule has 1 heterocycles. The summed E-state index contributed by atoms with van der Waals surface area (Å²) in [6.45, 7) is 1.73. The molecular weight excluding hydrogens is 260 g/mol. The van der Waals surface area contributed by atoms with Crippen molar-refractivity contribution in [3.05, 3.63) is 51.9 Å². The Morgan fingerprint density at radius 2 is 2.15 bits per heavy atom. The Hall–Kier alpha value is -2.63. The number of carbonyl (C=O) groups is 1. The summed E-state index contributed by atoms with van der Waals surface area (Å²) in [6.07, 6.45) is -0.400. The minimum absolute atomic E-state index is 0.00548. The normalized spacial score (nSPS) is 10.3. The van der Waals surface area contributed by atoms with E-state index in [-0.39, 0.29) is 11.1 Å². The predicted molar refractivity (Wildman–Crippen MR) is 72.5 cm³/mol. The third kappa shape index (κ3) is 2.85. The van der Waals surface area contributed by atoms with E-state index in [1.807, 2.05) is 0 Å². The highest BCUT2D eigenvalue weighted by Gasteiger charge is 2.11. The number of benzene rings is 1. The average molecular weight is 274 g/mol. The van der Waals surface area contributed by atoms with E-state index in [1.165, 1.54) is 10.7 Å². The minimum atomic E-state index is -1.09. The zero-order valence-corrected chi connectivity index (χ0v) is 11.2. The molecule has 6 heteroatoms. The average Bonchev–Trinajstić information content (AvgIpc) is 2.41. The topological polar surface area (TPSA) is 81.4 Å². The molecule has 2 aromatic rings. The van der Waals surface area contributed by atoms with E-state index < -0.39 is 12.4 Å². The first-order valence-electron chi connectivity index (χ1n) is 5.97. The molecule has 0 fully saturated rings. The van der Waals surface area contributed by atoms with Gasteiger partial charge < -0.3 is 9.84 Å². The first-order valence-corrected chi connectivity index (χ1v) is 5.97. The van der Waals surface area contributed by atoms with Crippen LogP contribution in [0, 0.1) is 6.92 Å². The van der Waals surface area contributed by atoms with Crippen LogP contribution in [0.25, 0.3) is 5.69 Å². The number of carboxylic acids is 1. The van der Waals surface area contributed by atoms with Gasteiger partial charge in [-0.15, -0.1) is 0 Å². The van der Waals surface area contributed by atoms with Gasteiger partial charge in [0, 0.05) is 17.8 Å². The summed E-state index contributed by atoms with van der Waals surface area (Å²) in [5.41, 5.74) is 0.959. The van der Waals surface area contributed by atoms with Crippen LogP contribution in [0.2, 0.25) is 0 Å². The fourth-order valence-corrected chi connectivity index (χ4v) is 1.85. The lowest BCUT2D eigenvalue weighted by atomic mass is 10.2. The Balaban J connectivity index is 2.55. The van der Waals surface area contributed by atoms with Crippen molar-refractivity contribution < 1.29 is 14.6 Å². The van der Waals surface area contributed by atoms with E-state index >= 15 is 0 Å². The monoisotopic (exact) mass is 274 g/mol. The second-order valence-electron chi connectivity index (χ2n) is 4.28. The maximum atomic E-state index is 11.7. The molecule has 0 radical (unpaired) electrons. The zero-order valence-electron chi connectivity index (χ0n) is 11.2. The molecule has 0 unspecified atom stereocenters.